The van der Waals surface area contributed by atoms with Gasteiger partial charge in [0, 0.05) is 17.7 Å². The summed E-state index contributed by atoms with van der Waals surface area (Å²) in [6.45, 7) is 3.65. The van der Waals surface area contributed by atoms with Crippen LogP contribution in [-0.2, 0) is 9.59 Å². The summed E-state index contributed by atoms with van der Waals surface area (Å²) in [6, 6.07) is -0.216. The molecule has 0 aromatic rings. The van der Waals surface area contributed by atoms with E-state index in [1.807, 2.05) is 0 Å². The Balaban J connectivity index is 1.79. The molecule has 3 rings (SSSR count). The normalized spacial score (nSPS) is 34.6. The van der Waals surface area contributed by atoms with Crippen molar-refractivity contribution in [1.82, 2.24) is 4.90 Å². The molecule has 122 valence electrons. The van der Waals surface area contributed by atoms with E-state index in [1.54, 1.807) is 18.7 Å². The van der Waals surface area contributed by atoms with Crippen molar-refractivity contribution < 1.29 is 24.3 Å². The van der Waals surface area contributed by atoms with E-state index >= 15 is 0 Å². The van der Waals surface area contributed by atoms with Crippen molar-refractivity contribution in [2.75, 3.05) is 27.2 Å². The van der Waals surface area contributed by atoms with Gasteiger partial charge in [-0.25, -0.2) is 0 Å². The average Bonchev–Trinajstić information content (AvgIpc) is 2.87. The Morgan fingerprint density at radius 2 is 2.18 bits per heavy atom. The standard InChI is InChI=1S/C15H22N2O4S/c1-8(18)12-10-6-11(13(15(20)21)16(10)14(12)19)22-9-4-5-17(2,3)7-9/h8-10,12,18H,4-7H2,1-3H3/t8-,9+,10-,12-/m1/s1. The SMILES string of the molecule is C[C@@H](O)[C@H]1C(=O)N2C(C(=O)[O-])=C(S[C@H]3CC[N+](C)(C)C3)C[C@H]12. The third-order valence-electron chi connectivity index (χ3n) is 4.94. The number of quaternary nitrogens is 1. The summed E-state index contributed by atoms with van der Waals surface area (Å²) in [5, 5.41) is 21.6. The van der Waals surface area contributed by atoms with Crippen molar-refractivity contribution >= 4 is 23.6 Å². The number of aliphatic carboxylic acids is 1. The van der Waals surface area contributed by atoms with E-state index in [0.717, 1.165) is 28.9 Å². The minimum absolute atomic E-state index is 0.0362. The summed E-state index contributed by atoms with van der Waals surface area (Å²) in [4.78, 5) is 25.7. The fourth-order valence-corrected chi connectivity index (χ4v) is 5.51. The number of carbonyl (C=O) groups is 2. The van der Waals surface area contributed by atoms with Crippen LogP contribution in [0.2, 0.25) is 0 Å². The fraction of sp³-hybridized carbons (Fsp3) is 0.733. The number of hydrogen-bond donors (Lipinski definition) is 1. The number of rotatable bonds is 4. The molecule has 7 heteroatoms. The molecule has 0 bridgehead atoms. The van der Waals surface area contributed by atoms with Crippen molar-refractivity contribution in [2.24, 2.45) is 5.92 Å². The lowest BCUT2D eigenvalue weighted by molar-refractivity contribution is -0.877. The first-order valence-corrected chi connectivity index (χ1v) is 8.53. The molecule has 0 aliphatic carbocycles. The second-order valence-electron chi connectivity index (χ2n) is 7.18. The monoisotopic (exact) mass is 326 g/mol. The summed E-state index contributed by atoms with van der Waals surface area (Å²) in [5.41, 5.74) is 0.0362. The number of carboxylic acids is 1. The van der Waals surface area contributed by atoms with E-state index in [9.17, 15) is 19.8 Å². The van der Waals surface area contributed by atoms with Crippen molar-refractivity contribution in [3.8, 4) is 0 Å². The van der Waals surface area contributed by atoms with E-state index in [1.165, 1.54) is 4.90 Å². The van der Waals surface area contributed by atoms with Crippen LogP contribution >= 0.6 is 11.8 Å². The van der Waals surface area contributed by atoms with Crippen LogP contribution in [0.3, 0.4) is 0 Å². The molecule has 0 aromatic heterocycles. The van der Waals surface area contributed by atoms with Gasteiger partial charge in [-0.2, -0.15) is 0 Å². The lowest BCUT2D eigenvalue weighted by atomic mass is 9.83. The van der Waals surface area contributed by atoms with Gasteiger partial charge in [-0.1, -0.05) is 0 Å². The lowest BCUT2D eigenvalue weighted by Crippen LogP contribution is -2.62. The van der Waals surface area contributed by atoms with Crippen molar-refractivity contribution in [3.05, 3.63) is 10.6 Å². The molecule has 6 nitrogen and oxygen atoms in total. The van der Waals surface area contributed by atoms with E-state index in [0.29, 0.717) is 11.7 Å². The highest BCUT2D eigenvalue weighted by molar-refractivity contribution is 8.03. The molecular weight excluding hydrogens is 304 g/mol. The number of nitrogens with zero attached hydrogens (tertiary/aromatic N) is 2. The van der Waals surface area contributed by atoms with Gasteiger partial charge in [0.1, 0.15) is 0 Å². The number of aliphatic hydroxyl groups is 1. The molecule has 2 fully saturated rings. The number of amides is 1. The molecule has 22 heavy (non-hydrogen) atoms. The highest BCUT2D eigenvalue weighted by Gasteiger charge is 2.55. The smallest absolute Gasteiger partial charge is 0.235 e. The molecule has 2 saturated heterocycles. The highest BCUT2D eigenvalue weighted by atomic mass is 32.2. The molecule has 3 aliphatic rings. The van der Waals surface area contributed by atoms with Gasteiger partial charge in [-0.3, -0.25) is 4.79 Å². The zero-order valence-electron chi connectivity index (χ0n) is 13.1. The summed E-state index contributed by atoms with van der Waals surface area (Å²) in [7, 11) is 4.34. The molecule has 3 heterocycles. The first-order chi connectivity index (χ1) is 10.2. The molecule has 0 aromatic carbocycles. The Hall–Kier alpha value is -1.05. The van der Waals surface area contributed by atoms with Crippen molar-refractivity contribution in [3.63, 3.8) is 0 Å². The maximum Gasteiger partial charge on any atom is 0.235 e. The van der Waals surface area contributed by atoms with Crippen LogP contribution in [0.5, 0.6) is 0 Å². The topological polar surface area (TPSA) is 80.7 Å². The third-order valence-corrected chi connectivity index (χ3v) is 6.31. The maximum atomic E-state index is 12.1. The number of hydrogen-bond acceptors (Lipinski definition) is 5. The quantitative estimate of drug-likeness (QED) is 0.537. The van der Waals surface area contributed by atoms with E-state index in [2.05, 4.69) is 14.1 Å². The third kappa shape index (κ3) is 2.45. The number of fused-ring (bicyclic) bond motifs is 1. The highest BCUT2D eigenvalue weighted by Crippen LogP contribution is 2.48. The van der Waals surface area contributed by atoms with Gasteiger partial charge in [0.2, 0.25) is 5.91 Å². The van der Waals surface area contributed by atoms with Crippen LogP contribution in [-0.4, -0.2) is 70.9 Å². The summed E-state index contributed by atoms with van der Waals surface area (Å²) in [6.07, 6.45) is 0.822. The van der Waals surface area contributed by atoms with Crippen LogP contribution in [0.4, 0.5) is 0 Å². The predicted octanol–water partition coefficient (Wildman–Crippen LogP) is -0.859. The minimum atomic E-state index is -1.28. The Morgan fingerprint density at radius 1 is 1.50 bits per heavy atom. The average molecular weight is 326 g/mol. The largest absolute Gasteiger partial charge is 0.543 e. The molecule has 0 saturated carbocycles. The van der Waals surface area contributed by atoms with Gasteiger partial charge in [0.05, 0.1) is 62.2 Å². The summed E-state index contributed by atoms with van der Waals surface area (Å²) in [5.74, 6) is -2.06. The molecule has 0 unspecified atom stereocenters. The van der Waals surface area contributed by atoms with Gasteiger partial charge < -0.3 is 24.4 Å². The molecular formula is C15H22N2O4S. The van der Waals surface area contributed by atoms with Crippen LogP contribution in [0.25, 0.3) is 0 Å². The van der Waals surface area contributed by atoms with E-state index < -0.39 is 18.0 Å². The van der Waals surface area contributed by atoms with Crippen molar-refractivity contribution in [1.29, 1.82) is 0 Å². The number of carbonyl (C=O) groups excluding carboxylic acids is 2. The Morgan fingerprint density at radius 3 is 2.68 bits per heavy atom. The Kier molecular flexibility index (Phi) is 3.78. The predicted molar refractivity (Wildman–Crippen MR) is 80.3 cm³/mol. The van der Waals surface area contributed by atoms with E-state index in [-0.39, 0.29) is 17.6 Å². The van der Waals surface area contributed by atoms with Crippen LogP contribution in [0, 0.1) is 5.92 Å². The zero-order chi connectivity index (χ0) is 16.2. The molecule has 0 radical (unpaired) electrons. The van der Waals surface area contributed by atoms with E-state index in [4.69, 9.17) is 0 Å². The fourth-order valence-electron chi connectivity index (χ4n) is 3.85. The number of β-lactam (4-membered cyclic amide) rings is 1. The Bertz CT molecular complexity index is 558. The number of thioether (sulfide) groups is 1. The second-order valence-corrected chi connectivity index (χ2v) is 8.57. The molecule has 1 N–H and O–H groups in total. The van der Waals surface area contributed by atoms with Gasteiger partial charge in [0.15, 0.2) is 0 Å². The summed E-state index contributed by atoms with van der Waals surface area (Å²) >= 11 is 1.58. The molecule has 1 amide bonds. The Labute approximate surface area is 134 Å². The van der Waals surface area contributed by atoms with Gasteiger partial charge >= 0.3 is 0 Å². The van der Waals surface area contributed by atoms with Gasteiger partial charge in [0.25, 0.3) is 0 Å². The zero-order valence-corrected chi connectivity index (χ0v) is 13.9. The molecule has 3 aliphatic heterocycles. The minimum Gasteiger partial charge on any atom is -0.543 e. The lowest BCUT2D eigenvalue weighted by Gasteiger charge is -2.45. The van der Waals surface area contributed by atoms with Gasteiger partial charge in [-0.15, -0.1) is 11.8 Å². The summed E-state index contributed by atoms with van der Waals surface area (Å²) < 4.78 is 0.938. The van der Waals surface area contributed by atoms with Gasteiger partial charge in [-0.05, 0) is 6.92 Å². The van der Waals surface area contributed by atoms with Crippen LogP contribution in [0.15, 0.2) is 10.6 Å². The molecule has 0 spiro atoms. The number of aliphatic hydroxyl groups excluding tert-OH is 1. The first-order valence-electron chi connectivity index (χ1n) is 7.65. The molecule has 4 atom stereocenters. The van der Waals surface area contributed by atoms with Crippen LogP contribution in [0.1, 0.15) is 19.8 Å². The first kappa shape index (κ1) is 15.8. The second kappa shape index (κ2) is 5.25. The van der Waals surface area contributed by atoms with Crippen molar-refractivity contribution in [2.45, 2.75) is 37.2 Å². The number of carboxylic acid groups (broad SMARTS) is 1. The number of likely N-dealkylation sites (tertiary alicyclic amines) is 1. The van der Waals surface area contributed by atoms with Crippen LogP contribution < -0.4 is 5.11 Å². The maximum absolute atomic E-state index is 12.1.